The van der Waals surface area contributed by atoms with Crippen molar-refractivity contribution < 1.29 is 14.3 Å². The third-order valence-corrected chi connectivity index (χ3v) is 3.39. The molecule has 1 fully saturated rings. The molecule has 1 N–H and O–H groups in total. The summed E-state index contributed by atoms with van der Waals surface area (Å²) in [6.07, 6.45) is 2.03. The first-order chi connectivity index (χ1) is 8.09. The van der Waals surface area contributed by atoms with Gasteiger partial charge in [0, 0.05) is 20.3 Å². The quantitative estimate of drug-likeness (QED) is 0.692. The number of rotatable bonds is 6. The van der Waals surface area contributed by atoms with Crippen molar-refractivity contribution in [1.82, 2.24) is 10.2 Å². The van der Waals surface area contributed by atoms with E-state index in [0.717, 1.165) is 6.42 Å². The third kappa shape index (κ3) is 2.97. The second-order valence-electron chi connectivity index (χ2n) is 4.41. The van der Waals surface area contributed by atoms with E-state index in [1.807, 2.05) is 13.8 Å². The zero-order chi connectivity index (χ0) is 12.9. The largest absolute Gasteiger partial charge is 0.385 e. The van der Waals surface area contributed by atoms with Crippen molar-refractivity contribution in [2.45, 2.75) is 38.6 Å². The Balaban J connectivity index is 2.71. The molecule has 17 heavy (non-hydrogen) atoms. The maximum absolute atomic E-state index is 12.3. The Morgan fingerprint density at radius 1 is 1.35 bits per heavy atom. The predicted octanol–water partition coefficient (Wildman–Crippen LogP) is 0.540. The maximum Gasteiger partial charge on any atom is 0.248 e. The van der Waals surface area contributed by atoms with Gasteiger partial charge in [0.2, 0.25) is 11.8 Å². The van der Waals surface area contributed by atoms with Crippen molar-refractivity contribution in [1.29, 1.82) is 0 Å². The molecule has 0 spiro atoms. The van der Waals surface area contributed by atoms with E-state index in [-0.39, 0.29) is 18.4 Å². The Morgan fingerprint density at radius 2 is 2.00 bits per heavy atom. The molecule has 2 amide bonds. The monoisotopic (exact) mass is 242 g/mol. The van der Waals surface area contributed by atoms with E-state index >= 15 is 0 Å². The Kier molecular flexibility index (Phi) is 4.93. The minimum absolute atomic E-state index is 0.0400. The fourth-order valence-electron chi connectivity index (χ4n) is 2.22. The van der Waals surface area contributed by atoms with Gasteiger partial charge in [-0.15, -0.1) is 0 Å². The van der Waals surface area contributed by atoms with Gasteiger partial charge in [0.05, 0.1) is 6.54 Å². The lowest BCUT2D eigenvalue weighted by atomic mass is 9.89. The van der Waals surface area contributed by atoms with Gasteiger partial charge >= 0.3 is 0 Å². The highest BCUT2D eigenvalue weighted by atomic mass is 16.5. The maximum atomic E-state index is 12.3. The lowest BCUT2D eigenvalue weighted by molar-refractivity contribution is -0.150. The van der Waals surface area contributed by atoms with Crippen molar-refractivity contribution in [2.24, 2.45) is 0 Å². The van der Waals surface area contributed by atoms with Crippen LogP contribution in [0.3, 0.4) is 0 Å². The van der Waals surface area contributed by atoms with Crippen LogP contribution in [0.15, 0.2) is 0 Å². The molecule has 0 aromatic rings. The number of hydrogen-bond acceptors (Lipinski definition) is 3. The minimum Gasteiger partial charge on any atom is -0.385 e. The van der Waals surface area contributed by atoms with Crippen LogP contribution in [0.4, 0.5) is 0 Å². The van der Waals surface area contributed by atoms with Crippen LogP contribution < -0.4 is 5.32 Å². The van der Waals surface area contributed by atoms with Gasteiger partial charge in [-0.25, -0.2) is 0 Å². The molecule has 1 saturated heterocycles. The molecule has 0 radical (unpaired) electrons. The highest BCUT2D eigenvalue weighted by molar-refractivity contribution is 5.97. The Labute approximate surface area is 102 Å². The van der Waals surface area contributed by atoms with E-state index in [2.05, 4.69) is 5.32 Å². The normalized spacial score (nSPS) is 19.4. The molecule has 0 bridgehead atoms. The standard InChI is InChI=1S/C12H22N2O3/c1-4-12(5-2)11(16)14(7-6-8-17-3)9-10(15)13-12/h4-9H2,1-3H3,(H,13,15). The lowest BCUT2D eigenvalue weighted by Crippen LogP contribution is -2.66. The first kappa shape index (κ1) is 14.0. The van der Waals surface area contributed by atoms with Gasteiger partial charge in [-0.3, -0.25) is 9.59 Å². The number of ether oxygens (including phenoxy) is 1. The number of amides is 2. The van der Waals surface area contributed by atoms with E-state index in [4.69, 9.17) is 4.74 Å². The summed E-state index contributed by atoms with van der Waals surface area (Å²) in [4.78, 5) is 25.6. The Morgan fingerprint density at radius 3 is 2.53 bits per heavy atom. The van der Waals surface area contributed by atoms with Crippen molar-refractivity contribution in [3.8, 4) is 0 Å². The molecule has 1 heterocycles. The molecule has 5 nitrogen and oxygen atoms in total. The van der Waals surface area contributed by atoms with Crippen LogP contribution >= 0.6 is 0 Å². The average molecular weight is 242 g/mol. The molecular formula is C12H22N2O3. The van der Waals surface area contributed by atoms with E-state index < -0.39 is 5.54 Å². The Hall–Kier alpha value is -1.10. The molecule has 1 aliphatic heterocycles. The van der Waals surface area contributed by atoms with Crippen LogP contribution in [0.5, 0.6) is 0 Å². The zero-order valence-electron chi connectivity index (χ0n) is 10.9. The van der Waals surface area contributed by atoms with Crippen LogP contribution in [-0.2, 0) is 14.3 Å². The van der Waals surface area contributed by atoms with E-state index in [1.54, 1.807) is 12.0 Å². The molecule has 0 aliphatic carbocycles. The molecule has 1 rings (SSSR count). The molecule has 0 aromatic heterocycles. The summed E-state index contributed by atoms with van der Waals surface area (Å²) in [5, 5.41) is 2.84. The van der Waals surface area contributed by atoms with Gasteiger partial charge < -0.3 is 15.0 Å². The fourth-order valence-corrected chi connectivity index (χ4v) is 2.22. The molecule has 0 unspecified atom stereocenters. The van der Waals surface area contributed by atoms with Gasteiger partial charge in [0.15, 0.2) is 0 Å². The van der Waals surface area contributed by atoms with Gasteiger partial charge in [0.25, 0.3) is 0 Å². The highest BCUT2D eigenvalue weighted by Crippen LogP contribution is 2.22. The number of piperazine rings is 1. The smallest absolute Gasteiger partial charge is 0.248 e. The van der Waals surface area contributed by atoms with Crippen LogP contribution in [0, 0.1) is 0 Å². The van der Waals surface area contributed by atoms with Crippen molar-refractivity contribution in [2.75, 3.05) is 26.8 Å². The van der Waals surface area contributed by atoms with Gasteiger partial charge in [-0.1, -0.05) is 13.8 Å². The highest BCUT2D eigenvalue weighted by Gasteiger charge is 2.43. The second kappa shape index (κ2) is 6.00. The number of hydrogen-bond donors (Lipinski definition) is 1. The first-order valence-electron chi connectivity index (χ1n) is 6.19. The predicted molar refractivity (Wildman–Crippen MR) is 64.5 cm³/mol. The molecule has 98 valence electrons. The zero-order valence-corrected chi connectivity index (χ0v) is 10.9. The van der Waals surface area contributed by atoms with Crippen LogP contribution in [-0.4, -0.2) is 49.1 Å². The summed E-state index contributed by atoms with van der Waals surface area (Å²) >= 11 is 0. The summed E-state index contributed by atoms with van der Waals surface area (Å²) in [5.74, 6) is -0.0241. The summed E-state index contributed by atoms with van der Waals surface area (Å²) < 4.78 is 4.96. The second-order valence-corrected chi connectivity index (χ2v) is 4.41. The molecule has 1 aliphatic rings. The lowest BCUT2D eigenvalue weighted by Gasteiger charge is -2.41. The number of carbonyl (C=O) groups excluding carboxylic acids is 2. The summed E-state index contributed by atoms with van der Waals surface area (Å²) in [6, 6.07) is 0. The summed E-state index contributed by atoms with van der Waals surface area (Å²) in [7, 11) is 1.63. The van der Waals surface area contributed by atoms with Crippen LogP contribution in [0.2, 0.25) is 0 Å². The molecular weight excluding hydrogens is 220 g/mol. The van der Waals surface area contributed by atoms with Crippen LogP contribution in [0.25, 0.3) is 0 Å². The van der Waals surface area contributed by atoms with E-state index in [9.17, 15) is 9.59 Å². The number of carbonyl (C=O) groups is 2. The summed E-state index contributed by atoms with van der Waals surface area (Å²) in [5.41, 5.74) is -0.692. The SMILES string of the molecule is CCC1(CC)NC(=O)CN(CCCOC)C1=O. The number of methoxy groups -OCH3 is 1. The number of nitrogens with zero attached hydrogens (tertiary/aromatic N) is 1. The topological polar surface area (TPSA) is 58.6 Å². The van der Waals surface area contributed by atoms with Crippen molar-refractivity contribution in [3.05, 3.63) is 0 Å². The third-order valence-electron chi connectivity index (χ3n) is 3.39. The van der Waals surface area contributed by atoms with Crippen molar-refractivity contribution >= 4 is 11.8 Å². The number of nitrogens with one attached hydrogen (secondary N) is 1. The van der Waals surface area contributed by atoms with Gasteiger partial charge in [0.1, 0.15) is 5.54 Å². The van der Waals surface area contributed by atoms with Crippen molar-refractivity contribution in [3.63, 3.8) is 0 Å². The minimum atomic E-state index is -0.692. The average Bonchev–Trinajstić information content (AvgIpc) is 2.33. The first-order valence-corrected chi connectivity index (χ1v) is 6.19. The summed E-state index contributed by atoms with van der Waals surface area (Å²) in [6.45, 7) is 5.23. The van der Waals surface area contributed by atoms with Crippen LogP contribution in [0.1, 0.15) is 33.1 Å². The Bertz CT molecular complexity index is 287. The molecule has 0 aromatic carbocycles. The molecule has 0 atom stereocenters. The molecule has 5 heteroatoms. The van der Waals surface area contributed by atoms with E-state index in [1.165, 1.54) is 0 Å². The molecule has 0 saturated carbocycles. The fraction of sp³-hybridized carbons (Fsp3) is 0.833. The van der Waals surface area contributed by atoms with E-state index in [0.29, 0.717) is 26.0 Å². The van der Waals surface area contributed by atoms with Gasteiger partial charge in [-0.05, 0) is 19.3 Å². The van der Waals surface area contributed by atoms with Gasteiger partial charge in [-0.2, -0.15) is 0 Å².